The summed E-state index contributed by atoms with van der Waals surface area (Å²) >= 11 is 0. The van der Waals surface area contributed by atoms with E-state index in [9.17, 15) is 0 Å². The van der Waals surface area contributed by atoms with Crippen LogP contribution in [0, 0.1) is 0 Å². The summed E-state index contributed by atoms with van der Waals surface area (Å²) in [5.41, 5.74) is 2.12. The zero-order valence-electron chi connectivity index (χ0n) is 10.0. The maximum atomic E-state index is 8.93. The predicted octanol–water partition coefficient (Wildman–Crippen LogP) is -1.02. The Morgan fingerprint density at radius 2 is 1.89 bits per heavy atom. The summed E-state index contributed by atoms with van der Waals surface area (Å²) in [5, 5.41) is 35.0. The summed E-state index contributed by atoms with van der Waals surface area (Å²) in [5.74, 6) is 0. The van der Waals surface area contributed by atoms with Crippen LogP contribution in [0.3, 0.4) is 0 Å². The van der Waals surface area contributed by atoms with Crippen molar-refractivity contribution in [3.63, 3.8) is 0 Å². The first-order chi connectivity index (χ1) is 9.13. The quantitative estimate of drug-likeness (QED) is 0.452. The van der Waals surface area contributed by atoms with Crippen LogP contribution in [0.1, 0.15) is 0 Å². The van der Waals surface area contributed by atoms with E-state index in [0.717, 1.165) is 11.0 Å². The van der Waals surface area contributed by atoms with Gasteiger partial charge in [0.25, 0.3) is 0 Å². The van der Waals surface area contributed by atoms with Crippen molar-refractivity contribution in [2.24, 2.45) is 0 Å². The number of fused-ring (bicyclic) bond motifs is 1. The number of para-hydroxylation sites is 2. The zero-order valence-corrected chi connectivity index (χ0v) is 10.0. The number of rotatable bonds is 1. The lowest BCUT2D eigenvalue weighted by atomic mass is 10.1. The molecule has 0 amide bonds. The Hall–Kier alpha value is -1.51. The van der Waals surface area contributed by atoms with Gasteiger partial charge in [-0.3, -0.25) is 0 Å². The van der Waals surface area contributed by atoms with Gasteiger partial charge in [0.05, 0.1) is 24.0 Å². The second kappa shape index (κ2) is 6.09. The second-order valence-electron chi connectivity index (χ2n) is 4.15. The monoisotopic (exact) mass is 268 g/mol. The Kier molecular flexibility index (Phi) is 4.46. The minimum absolute atomic E-state index is 0.407. The molecule has 0 bridgehead atoms. The molecule has 1 aromatic heterocycles. The van der Waals surface area contributed by atoms with Crippen LogP contribution in [0.2, 0.25) is 0 Å². The van der Waals surface area contributed by atoms with E-state index in [1.165, 1.54) is 0 Å². The lowest BCUT2D eigenvalue weighted by Crippen LogP contribution is -2.33. The number of aliphatic hydroxyl groups is 4. The summed E-state index contributed by atoms with van der Waals surface area (Å²) in [6, 6.07) is 7.94. The molecule has 1 aromatic carbocycles. The van der Waals surface area contributed by atoms with Crippen LogP contribution in [0.15, 0.2) is 30.6 Å². The van der Waals surface area contributed by atoms with Gasteiger partial charge in [-0.2, -0.15) is 0 Å². The number of aliphatic hydroxyl groups excluding tert-OH is 4. The summed E-state index contributed by atoms with van der Waals surface area (Å²) in [6.07, 6.45) is -3.06. The minimum atomic E-state index is -1.38. The number of benzene rings is 1. The molecule has 0 spiro atoms. The number of nitrogens with one attached hydrogen (secondary N) is 1. The summed E-state index contributed by atoms with van der Waals surface area (Å²) in [4.78, 5) is 7.07. The first-order valence-corrected chi connectivity index (χ1v) is 5.82. The van der Waals surface area contributed by atoms with E-state index in [4.69, 9.17) is 20.4 Å². The molecule has 104 valence electrons. The van der Waals surface area contributed by atoms with E-state index >= 15 is 0 Å². The molecule has 4 atom stereocenters. The molecule has 0 saturated carbocycles. The van der Waals surface area contributed by atoms with Gasteiger partial charge in [0.15, 0.2) is 6.29 Å². The molecule has 0 aliphatic carbocycles. The highest BCUT2D eigenvalue weighted by molar-refractivity contribution is 5.73. The highest BCUT2D eigenvalue weighted by Crippen LogP contribution is 2.18. The fourth-order valence-electron chi connectivity index (χ4n) is 1.76. The molecule has 5 N–H and O–H groups in total. The minimum Gasteiger partial charge on any atom is -0.394 e. The topological polar surface area (TPSA) is 119 Å². The molecule has 7 heteroatoms. The van der Waals surface area contributed by atoms with E-state index < -0.39 is 31.2 Å². The highest BCUT2D eigenvalue weighted by Gasteiger charge is 2.41. The second-order valence-corrected chi connectivity index (χ2v) is 4.15. The van der Waals surface area contributed by atoms with E-state index in [0.29, 0.717) is 0 Å². The third kappa shape index (κ3) is 3.09. The standard InChI is InChI=1S/C7H6N2.C5H10O5/c1-2-4-7-6(3-1)8-5-9-7;6-1-2-3(7)4(8)5(9)10-2/h1-5H,(H,8,9);2-9H,1H2/t;2-,3-,4-,5?/m.1/s1. The van der Waals surface area contributed by atoms with E-state index in [2.05, 4.69) is 14.7 Å². The average Bonchev–Trinajstić information content (AvgIpc) is 3.00. The predicted molar refractivity (Wildman–Crippen MR) is 66.1 cm³/mol. The summed E-state index contributed by atoms with van der Waals surface area (Å²) in [6.45, 7) is -0.407. The molecule has 2 heterocycles. The van der Waals surface area contributed by atoms with Gasteiger partial charge in [0.2, 0.25) is 0 Å². The molecule has 1 unspecified atom stereocenters. The fourth-order valence-corrected chi connectivity index (χ4v) is 1.76. The highest BCUT2D eigenvalue weighted by atomic mass is 16.6. The smallest absolute Gasteiger partial charge is 0.184 e. The SMILES string of the molecule is OC[C@H]1OC(O)[C@H](O)[C@@H]1O.c1ccc2[nH]cnc2c1. The van der Waals surface area contributed by atoms with Gasteiger partial charge in [-0.05, 0) is 12.1 Å². The van der Waals surface area contributed by atoms with Crippen LogP contribution in [-0.4, -0.2) is 61.6 Å². The number of nitrogens with zero attached hydrogens (tertiary/aromatic N) is 1. The van der Waals surface area contributed by atoms with Crippen molar-refractivity contribution < 1.29 is 25.2 Å². The van der Waals surface area contributed by atoms with E-state index in [1.54, 1.807) is 6.33 Å². The van der Waals surface area contributed by atoms with Crippen molar-refractivity contribution in [3.8, 4) is 0 Å². The Morgan fingerprint density at radius 3 is 2.42 bits per heavy atom. The zero-order chi connectivity index (χ0) is 13.8. The Balaban J connectivity index is 0.000000141. The third-order valence-electron chi connectivity index (χ3n) is 2.84. The van der Waals surface area contributed by atoms with Crippen LogP contribution in [0.25, 0.3) is 11.0 Å². The number of H-pyrrole nitrogens is 1. The van der Waals surface area contributed by atoms with Crippen LogP contribution >= 0.6 is 0 Å². The number of ether oxygens (including phenoxy) is 1. The maximum Gasteiger partial charge on any atom is 0.184 e. The van der Waals surface area contributed by atoms with Crippen molar-refractivity contribution in [2.45, 2.75) is 24.6 Å². The fraction of sp³-hybridized carbons (Fsp3) is 0.417. The molecule has 1 saturated heterocycles. The van der Waals surface area contributed by atoms with Crippen LogP contribution in [-0.2, 0) is 4.74 Å². The van der Waals surface area contributed by atoms with Crippen LogP contribution in [0.5, 0.6) is 0 Å². The molecular formula is C12H16N2O5. The molecular weight excluding hydrogens is 252 g/mol. The van der Waals surface area contributed by atoms with Crippen LogP contribution < -0.4 is 0 Å². The van der Waals surface area contributed by atoms with Gasteiger partial charge in [-0.15, -0.1) is 0 Å². The normalized spacial score (nSPS) is 30.1. The Labute approximate surface area is 109 Å². The third-order valence-corrected chi connectivity index (χ3v) is 2.84. The molecule has 3 rings (SSSR count). The van der Waals surface area contributed by atoms with Gasteiger partial charge in [0, 0.05) is 0 Å². The Bertz CT molecular complexity index is 487. The van der Waals surface area contributed by atoms with E-state index in [1.807, 2.05) is 24.3 Å². The number of hydrogen-bond donors (Lipinski definition) is 5. The van der Waals surface area contributed by atoms with Crippen LogP contribution in [0.4, 0.5) is 0 Å². The molecule has 19 heavy (non-hydrogen) atoms. The van der Waals surface area contributed by atoms with Gasteiger partial charge in [0.1, 0.15) is 18.3 Å². The number of aromatic nitrogens is 2. The summed E-state index contributed by atoms with van der Waals surface area (Å²) < 4.78 is 4.54. The largest absolute Gasteiger partial charge is 0.394 e. The number of aromatic amines is 1. The number of hydrogen-bond acceptors (Lipinski definition) is 6. The maximum absolute atomic E-state index is 8.93. The molecule has 0 radical (unpaired) electrons. The van der Waals surface area contributed by atoms with Gasteiger partial charge >= 0.3 is 0 Å². The number of imidazole rings is 1. The first kappa shape index (κ1) is 13.9. The Morgan fingerprint density at radius 1 is 1.16 bits per heavy atom. The van der Waals surface area contributed by atoms with Crippen molar-refractivity contribution in [1.82, 2.24) is 9.97 Å². The lowest BCUT2D eigenvalue weighted by Gasteiger charge is -2.09. The van der Waals surface area contributed by atoms with Crippen molar-refractivity contribution >= 4 is 11.0 Å². The lowest BCUT2D eigenvalue weighted by molar-refractivity contribution is -0.132. The van der Waals surface area contributed by atoms with Crippen molar-refractivity contribution in [1.29, 1.82) is 0 Å². The molecule has 1 fully saturated rings. The van der Waals surface area contributed by atoms with Gasteiger partial charge in [-0.1, -0.05) is 12.1 Å². The van der Waals surface area contributed by atoms with Crippen molar-refractivity contribution in [3.05, 3.63) is 30.6 Å². The van der Waals surface area contributed by atoms with Gasteiger partial charge < -0.3 is 30.1 Å². The van der Waals surface area contributed by atoms with Crippen molar-refractivity contribution in [2.75, 3.05) is 6.61 Å². The summed E-state index contributed by atoms with van der Waals surface area (Å²) in [7, 11) is 0. The molecule has 1 aliphatic rings. The molecule has 7 nitrogen and oxygen atoms in total. The van der Waals surface area contributed by atoms with Gasteiger partial charge in [-0.25, -0.2) is 4.98 Å². The molecule has 1 aliphatic heterocycles. The average molecular weight is 268 g/mol. The first-order valence-electron chi connectivity index (χ1n) is 5.82. The van der Waals surface area contributed by atoms with E-state index in [-0.39, 0.29) is 0 Å². The molecule has 2 aromatic rings.